The molecule has 8 rings (SSSR count). The summed E-state index contributed by atoms with van der Waals surface area (Å²) in [4.78, 5) is 35.8. The van der Waals surface area contributed by atoms with Gasteiger partial charge in [0.2, 0.25) is 11.3 Å². The Labute approximate surface area is 306 Å². The Morgan fingerprint density at radius 3 is 2.70 bits per heavy atom. The lowest BCUT2D eigenvalue weighted by Gasteiger charge is -2.47. The van der Waals surface area contributed by atoms with Crippen molar-refractivity contribution in [2.24, 2.45) is 15.9 Å². The van der Waals surface area contributed by atoms with Gasteiger partial charge in [0, 0.05) is 42.4 Å². The first-order valence-corrected chi connectivity index (χ1v) is 18.5. The van der Waals surface area contributed by atoms with Crippen LogP contribution in [0, 0.1) is 12.8 Å². The topological polar surface area (TPSA) is 193 Å². The molecule has 0 radical (unpaired) electrons. The Kier molecular flexibility index (Phi) is 9.62. The predicted molar refractivity (Wildman–Crippen MR) is 193 cm³/mol. The first-order chi connectivity index (χ1) is 25.5. The second-order valence-electron chi connectivity index (χ2n) is 15.4. The van der Waals surface area contributed by atoms with Crippen molar-refractivity contribution in [2.45, 2.75) is 94.0 Å². The number of benzene rings is 1. The fraction of sp³-hybridized carbons (Fsp3) is 0.513. The van der Waals surface area contributed by atoms with E-state index < -0.39 is 48.8 Å². The molecule has 0 amide bonds. The zero-order valence-corrected chi connectivity index (χ0v) is 29.9. The number of aliphatic hydroxyl groups excluding tert-OH is 4. The number of quaternary nitrogens is 2. The second-order valence-corrected chi connectivity index (χ2v) is 15.4. The molecule has 1 aromatic carbocycles. The third-order valence-electron chi connectivity index (χ3n) is 12.0. The van der Waals surface area contributed by atoms with E-state index >= 15 is 0 Å². The van der Waals surface area contributed by atoms with Crippen LogP contribution in [0.4, 0.5) is 5.69 Å². The van der Waals surface area contributed by atoms with Crippen LogP contribution in [-0.2, 0) is 16.2 Å². The van der Waals surface area contributed by atoms with Gasteiger partial charge in [-0.2, -0.15) is 0 Å². The maximum absolute atomic E-state index is 13.4. The van der Waals surface area contributed by atoms with Crippen LogP contribution in [0.3, 0.4) is 0 Å². The van der Waals surface area contributed by atoms with Crippen molar-refractivity contribution in [3.8, 4) is 5.75 Å². The lowest BCUT2D eigenvalue weighted by atomic mass is 9.72. The molecule has 7 N–H and O–H groups in total. The highest BCUT2D eigenvalue weighted by Crippen LogP contribution is 2.48. The average Bonchev–Trinajstić information content (AvgIpc) is 3.95. The van der Waals surface area contributed by atoms with E-state index in [4.69, 9.17) is 18.9 Å². The molecule has 14 heteroatoms. The zero-order chi connectivity index (χ0) is 37.1. The summed E-state index contributed by atoms with van der Waals surface area (Å²) in [6, 6.07) is 3.06. The van der Waals surface area contributed by atoms with E-state index in [0.29, 0.717) is 40.3 Å². The summed E-state index contributed by atoms with van der Waals surface area (Å²) in [6.45, 7) is 2.72. The minimum absolute atomic E-state index is 0.0916. The number of allylic oxidation sites excluding steroid dienone is 1. The summed E-state index contributed by atoms with van der Waals surface area (Å²) < 4.78 is 13.4. The van der Waals surface area contributed by atoms with Crippen LogP contribution in [0.15, 0.2) is 79.9 Å². The monoisotopic (exact) mass is 732 g/mol. The lowest BCUT2D eigenvalue weighted by molar-refractivity contribution is -0.861. The number of nitrogens with zero attached hydrogens (tertiary/aromatic N) is 2. The quantitative estimate of drug-likeness (QED) is 0.112. The van der Waals surface area contributed by atoms with Crippen LogP contribution in [0.5, 0.6) is 5.75 Å². The molecule has 6 heterocycles. The Hall–Kier alpha value is -3.83. The van der Waals surface area contributed by atoms with Gasteiger partial charge in [-0.1, -0.05) is 19.3 Å². The molecule has 2 aromatic rings. The Bertz CT molecular complexity index is 2010. The smallest absolute Gasteiger partial charge is 0.222 e. The van der Waals surface area contributed by atoms with E-state index in [1.807, 2.05) is 19.1 Å². The van der Waals surface area contributed by atoms with Gasteiger partial charge < -0.3 is 34.7 Å². The van der Waals surface area contributed by atoms with E-state index in [2.05, 4.69) is 16.2 Å². The Balaban J connectivity index is 1.10. The molecule has 14 nitrogen and oxygen atoms in total. The van der Waals surface area contributed by atoms with Crippen molar-refractivity contribution < 1.29 is 54.3 Å². The molecule has 1 aliphatic carbocycles. The summed E-state index contributed by atoms with van der Waals surface area (Å²) in [5, 5.41) is 54.8. The van der Waals surface area contributed by atoms with E-state index in [-0.39, 0.29) is 23.9 Å². The third-order valence-corrected chi connectivity index (χ3v) is 12.0. The van der Waals surface area contributed by atoms with Crippen LogP contribution in [0.25, 0.3) is 11.0 Å². The molecule has 0 saturated heterocycles. The molecule has 9 unspecified atom stereocenters. The van der Waals surface area contributed by atoms with Gasteiger partial charge in [0.05, 0.1) is 23.8 Å². The fourth-order valence-corrected chi connectivity index (χ4v) is 8.91. The van der Waals surface area contributed by atoms with Crippen LogP contribution >= 0.6 is 0 Å². The molecule has 5 aliphatic heterocycles. The summed E-state index contributed by atoms with van der Waals surface area (Å²) in [6.07, 6.45) is 12.1. The minimum Gasteiger partial charge on any atom is -0.478 e. The molecule has 0 bridgehead atoms. The van der Waals surface area contributed by atoms with Gasteiger partial charge in [0.15, 0.2) is 22.8 Å². The van der Waals surface area contributed by atoms with Gasteiger partial charge in [-0.15, -0.1) is 0 Å². The molecule has 0 spiro atoms. The second kappa shape index (κ2) is 14.1. The number of fused-ring (bicyclic) bond motifs is 4. The highest BCUT2D eigenvalue weighted by Gasteiger charge is 2.53. The van der Waals surface area contributed by atoms with E-state index in [1.165, 1.54) is 6.07 Å². The number of nitrogens with one attached hydrogen (secondary N) is 2. The predicted octanol–water partition coefficient (Wildman–Crippen LogP) is -0.370. The van der Waals surface area contributed by atoms with Crippen molar-refractivity contribution in [3.63, 3.8) is 0 Å². The van der Waals surface area contributed by atoms with Crippen LogP contribution < -0.4 is 20.0 Å². The Morgan fingerprint density at radius 2 is 1.92 bits per heavy atom. The highest BCUT2D eigenvalue weighted by atomic mass is 17.2. The number of aryl methyl sites for hydroxylation is 1. The van der Waals surface area contributed by atoms with E-state index in [1.54, 1.807) is 37.7 Å². The summed E-state index contributed by atoms with van der Waals surface area (Å²) in [5.41, 5.74) is 1.31. The zero-order valence-electron chi connectivity index (χ0n) is 29.9. The molecular formula is C39H48N4O10+2. The van der Waals surface area contributed by atoms with Gasteiger partial charge in [0.25, 0.3) is 0 Å². The van der Waals surface area contributed by atoms with Gasteiger partial charge in [0.1, 0.15) is 73.1 Å². The van der Waals surface area contributed by atoms with Gasteiger partial charge in [-0.25, -0.2) is 9.78 Å². The largest absolute Gasteiger partial charge is 0.478 e. The van der Waals surface area contributed by atoms with Crippen LogP contribution in [-0.4, -0.2) is 105 Å². The molecule has 1 aromatic heterocycles. The molecule has 282 valence electrons. The molecule has 6 aliphatic rings. The van der Waals surface area contributed by atoms with E-state index in [0.717, 1.165) is 65.3 Å². The standard InChI is InChI=1S/C39H46N4O10/c1-22-14-30(45)26-15-24-16-33(53-50-20-32(47)39(49,37(48)31(46)19-44)21-42-13-10-27-29(42)9-12-40-27)38(2,25-6-4-3-5-7-25)52-35(24)34(36(26)51-22)43-17-23-8-11-41-28(23)18-43/h8-15,17,25,29,31-33,37,44,46-49H,3-7,16,18-21H2,1-2H3/p+2. The van der Waals surface area contributed by atoms with Crippen molar-refractivity contribution in [1.29, 1.82) is 0 Å². The summed E-state index contributed by atoms with van der Waals surface area (Å²) in [7, 11) is 0. The Morgan fingerprint density at radius 1 is 1.11 bits per heavy atom. The van der Waals surface area contributed by atoms with Crippen molar-refractivity contribution in [3.05, 3.63) is 82.3 Å². The first kappa shape index (κ1) is 36.2. The maximum atomic E-state index is 13.4. The molecular weight excluding hydrogens is 684 g/mol. The molecule has 53 heavy (non-hydrogen) atoms. The molecule has 1 saturated carbocycles. The SMILES string of the molecule is Cc1cc(=O)c2cc3c(c([NH+]4C=C5C=CN=C5C4)c2o1)OC(C)(C1CCCCC1)C(OOCC(O)C(O)(C[NH+]1C=CC2=NC=CC21)C(O)C(O)CO)C3. The average molecular weight is 733 g/mol. The number of ether oxygens (including phenoxy) is 1. The third kappa shape index (κ3) is 6.35. The van der Waals surface area contributed by atoms with Crippen molar-refractivity contribution >= 4 is 28.1 Å². The van der Waals surface area contributed by atoms with Crippen molar-refractivity contribution in [1.82, 2.24) is 0 Å². The lowest BCUT2D eigenvalue weighted by Crippen LogP contribution is -3.13. The van der Waals surface area contributed by atoms with E-state index in [9.17, 15) is 30.3 Å². The van der Waals surface area contributed by atoms with Crippen molar-refractivity contribution in [2.75, 3.05) is 26.3 Å². The fourth-order valence-electron chi connectivity index (χ4n) is 8.91. The van der Waals surface area contributed by atoms with Gasteiger partial charge in [-0.3, -0.25) is 24.6 Å². The van der Waals surface area contributed by atoms with Crippen LogP contribution in [0.1, 0.15) is 50.4 Å². The maximum Gasteiger partial charge on any atom is 0.222 e. The first-order valence-electron chi connectivity index (χ1n) is 18.5. The number of aliphatic imine (C=N–C) groups is 2. The summed E-state index contributed by atoms with van der Waals surface area (Å²) in [5.74, 6) is 1.23. The number of hydrogen-bond acceptors (Lipinski definition) is 12. The normalized spacial score (nSPS) is 30.3. The molecule has 1 fully saturated rings. The molecule has 9 atom stereocenters. The van der Waals surface area contributed by atoms with Gasteiger partial charge in [-0.05, 0) is 44.9 Å². The van der Waals surface area contributed by atoms with Crippen LogP contribution in [0.2, 0.25) is 0 Å². The number of hydrogen-bond donors (Lipinski definition) is 7. The summed E-state index contributed by atoms with van der Waals surface area (Å²) >= 11 is 0. The number of rotatable bonds is 12. The van der Waals surface area contributed by atoms with Gasteiger partial charge >= 0.3 is 0 Å². The number of aliphatic hydroxyl groups is 5. The highest BCUT2D eigenvalue weighted by molar-refractivity contribution is 6.07. The minimum atomic E-state index is -2.32.